The molecule has 0 aliphatic heterocycles. The lowest BCUT2D eigenvalue weighted by Gasteiger charge is -2.11. The third-order valence-electron chi connectivity index (χ3n) is 6.63. The van der Waals surface area contributed by atoms with E-state index in [-0.39, 0.29) is 34.6 Å². The number of nitrogens with zero attached hydrogens (tertiary/aromatic N) is 3. The minimum Gasteiger partial charge on any atom is -0.336 e. The van der Waals surface area contributed by atoms with Crippen LogP contribution in [0.1, 0.15) is 36.7 Å². The molecule has 2 heterocycles. The number of sulfonamides is 1. The molecule has 0 fully saturated rings. The van der Waals surface area contributed by atoms with E-state index in [2.05, 4.69) is 14.7 Å². The highest BCUT2D eigenvalue weighted by Gasteiger charge is 2.19. The van der Waals surface area contributed by atoms with Gasteiger partial charge in [-0.25, -0.2) is 27.0 Å². The fourth-order valence-corrected chi connectivity index (χ4v) is 5.52. The van der Waals surface area contributed by atoms with E-state index in [1.165, 1.54) is 28.8 Å². The van der Waals surface area contributed by atoms with Crippen molar-refractivity contribution in [2.75, 3.05) is 4.72 Å². The zero-order valence-electron chi connectivity index (χ0n) is 22.1. The van der Waals surface area contributed by atoms with E-state index in [0.29, 0.717) is 24.5 Å². The Hall–Kier alpha value is -4.58. The van der Waals surface area contributed by atoms with Gasteiger partial charge >= 0.3 is 5.69 Å². The normalized spacial score (nSPS) is 11.7. The van der Waals surface area contributed by atoms with Gasteiger partial charge in [0.1, 0.15) is 23.0 Å². The summed E-state index contributed by atoms with van der Waals surface area (Å²) in [5.74, 6) is -0.608. The van der Waals surface area contributed by atoms with Crippen LogP contribution >= 0.6 is 0 Å². The Morgan fingerprint density at radius 2 is 1.63 bits per heavy atom. The highest BCUT2D eigenvalue weighted by Crippen LogP contribution is 2.19. The Morgan fingerprint density at radius 3 is 2.32 bits per heavy atom. The molecule has 2 N–H and O–H groups in total. The molecule has 0 radical (unpaired) electrons. The van der Waals surface area contributed by atoms with Crippen molar-refractivity contribution in [3.63, 3.8) is 0 Å². The third-order valence-corrected chi connectivity index (χ3v) is 8.03. The molecule has 0 aliphatic rings. The van der Waals surface area contributed by atoms with Crippen LogP contribution < -0.4 is 16.0 Å². The van der Waals surface area contributed by atoms with Gasteiger partial charge in [-0.1, -0.05) is 43.7 Å². The van der Waals surface area contributed by atoms with Gasteiger partial charge in [0, 0.05) is 24.2 Å². The molecule has 41 heavy (non-hydrogen) atoms. The van der Waals surface area contributed by atoms with E-state index in [1.54, 1.807) is 36.4 Å². The molecular weight excluding hydrogens is 552 g/mol. The number of hydrogen-bond acceptors (Lipinski definition) is 5. The Kier molecular flexibility index (Phi) is 7.84. The minimum absolute atomic E-state index is 0.0694. The van der Waals surface area contributed by atoms with Gasteiger partial charge < -0.3 is 4.98 Å². The quantitative estimate of drug-likeness (QED) is 0.254. The summed E-state index contributed by atoms with van der Waals surface area (Å²) < 4.78 is 57.6. The van der Waals surface area contributed by atoms with Crippen molar-refractivity contribution in [1.82, 2.24) is 19.1 Å². The predicted octanol–water partition coefficient (Wildman–Crippen LogP) is 4.40. The molecule has 0 atom stereocenters. The summed E-state index contributed by atoms with van der Waals surface area (Å²) in [5.41, 5.74) is 0.533. The van der Waals surface area contributed by atoms with Crippen molar-refractivity contribution < 1.29 is 17.2 Å². The summed E-state index contributed by atoms with van der Waals surface area (Å²) in [6.07, 6.45) is 1.77. The van der Waals surface area contributed by atoms with Gasteiger partial charge in [0.25, 0.3) is 15.6 Å². The molecule has 212 valence electrons. The molecule has 5 aromatic rings. The number of H-pyrrole nitrogens is 1. The smallest absolute Gasteiger partial charge is 0.333 e. The lowest BCUT2D eigenvalue weighted by Crippen LogP contribution is -2.40. The van der Waals surface area contributed by atoms with Crippen LogP contribution in [0.2, 0.25) is 0 Å². The maximum Gasteiger partial charge on any atom is 0.333 e. The van der Waals surface area contributed by atoms with Gasteiger partial charge in [0.05, 0.1) is 11.4 Å². The van der Waals surface area contributed by atoms with Crippen LogP contribution in [0.5, 0.6) is 0 Å². The highest BCUT2D eigenvalue weighted by molar-refractivity contribution is 7.92. The molecule has 0 spiro atoms. The lowest BCUT2D eigenvalue weighted by molar-refractivity contribution is 0.553. The molecule has 0 saturated heterocycles. The van der Waals surface area contributed by atoms with Crippen molar-refractivity contribution in [2.24, 2.45) is 0 Å². The second kappa shape index (κ2) is 11.5. The SMILES string of the molecule is CCCCn1c(=O)n(Cc2ccccc2F)c(=O)c2[nH]c(Cc3ccc(NS(=O)(=O)c4ccc(F)cc4)cc3)nc21. The Labute approximate surface area is 234 Å². The summed E-state index contributed by atoms with van der Waals surface area (Å²) in [5, 5.41) is 0. The van der Waals surface area contributed by atoms with E-state index in [4.69, 9.17) is 0 Å². The summed E-state index contributed by atoms with van der Waals surface area (Å²) in [6, 6.07) is 17.1. The summed E-state index contributed by atoms with van der Waals surface area (Å²) in [6.45, 7) is 2.11. The zero-order chi connectivity index (χ0) is 29.1. The van der Waals surface area contributed by atoms with Crippen LogP contribution in [0.3, 0.4) is 0 Å². The maximum atomic E-state index is 14.3. The number of fused-ring (bicyclic) bond motifs is 1. The van der Waals surface area contributed by atoms with Crippen molar-refractivity contribution in [1.29, 1.82) is 0 Å². The second-order valence-electron chi connectivity index (χ2n) is 9.59. The first-order chi connectivity index (χ1) is 19.7. The highest BCUT2D eigenvalue weighted by atomic mass is 32.2. The van der Waals surface area contributed by atoms with Crippen LogP contribution in [0, 0.1) is 11.6 Å². The molecule has 2 aromatic heterocycles. The molecule has 0 bridgehead atoms. The molecule has 0 aliphatic carbocycles. The molecule has 9 nitrogen and oxygen atoms in total. The summed E-state index contributed by atoms with van der Waals surface area (Å²) >= 11 is 0. The van der Waals surface area contributed by atoms with E-state index in [1.807, 2.05) is 6.92 Å². The largest absolute Gasteiger partial charge is 0.336 e. The topological polar surface area (TPSA) is 119 Å². The van der Waals surface area contributed by atoms with Crippen LogP contribution in [-0.2, 0) is 29.5 Å². The number of benzene rings is 3. The number of hydrogen-bond donors (Lipinski definition) is 2. The number of imidazole rings is 1. The summed E-state index contributed by atoms with van der Waals surface area (Å²) in [4.78, 5) is 34.2. The maximum absolute atomic E-state index is 14.3. The Bertz CT molecular complexity index is 1930. The van der Waals surface area contributed by atoms with Gasteiger partial charge in [-0.2, -0.15) is 0 Å². The number of unbranched alkanes of at least 4 members (excludes halogenated alkanes) is 1. The average Bonchev–Trinajstić information content (AvgIpc) is 3.37. The second-order valence-corrected chi connectivity index (χ2v) is 11.3. The standard InChI is InChI=1S/C29H27F2N5O4S/c1-2-3-16-35-27-26(28(37)36(29(35)38)18-20-6-4-5-7-24(20)31)32-25(33-27)17-19-8-12-22(13-9-19)34-41(39,40)23-14-10-21(30)11-15-23/h4-15,34H,2-3,16-18H2,1H3,(H,32,33). The van der Waals surface area contributed by atoms with Gasteiger partial charge in [-0.15, -0.1) is 0 Å². The van der Waals surface area contributed by atoms with Crippen molar-refractivity contribution in [3.8, 4) is 0 Å². The Balaban J connectivity index is 1.43. The molecule has 12 heteroatoms. The molecule has 3 aromatic carbocycles. The van der Waals surface area contributed by atoms with E-state index in [9.17, 15) is 26.8 Å². The predicted molar refractivity (Wildman–Crippen MR) is 151 cm³/mol. The third kappa shape index (κ3) is 5.97. The molecule has 5 rings (SSSR count). The van der Waals surface area contributed by atoms with Gasteiger partial charge in [0.2, 0.25) is 0 Å². The minimum atomic E-state index is -3.90. The number of rotatable bonds is 10. The fourth-order valence-electron chi connectivity index (χ4n) is 4.46. The zero-order valence-corrected chi connectivity index (χ0v) is 22.9. The number of aryl methyl sites for hydroxylation is 1. The first-order valence-electron chi connectivity index (χ1n) is 13.0. The Morgan fingerprint density at radius 1 is 0.927 bits per heavy atom. The number of nitrogens with one attached hydrogen (secondary N) is 2. The van der Waals surface area contributed by atoms with Crippen LogP contribution in [0.15, 0.2) is 87.3 Å². The fraction of sp³-hybridized carbons (Fsp3) is 0.207. The molecule has 0 amide bonds. The number of anilines is 1. The number of aromatic amines is 1. The van der Waals surface area contributed by atoms with Gasteiger partial charge in [-0.05, 0) is 54.4 Å². The first-order valence-corrected chi connectivity index (χ1v) is 14.5. The van der Waals surface area contributed by atoms with E-state index in [0.717, 1.165) is 28.7 Å². The molecule has 0 saturated carbocycles. The number of aromatic nitrogens is 4. The molecular formula is C29H27F2N5O4S. The average molecular weight is 580 g/mol. The van der Waals surface area contributed by atoms with Gasteiger partial charge in [-0.3, -0.25) is 18.7 Å². The molecule has 0 unspecified atom stereocenters. The van der Waals surface area contributed by atoms with Crippen molar-refractivity contribution in [2.45, 2.75) is 44.2 Å². The van der Waals surface area contributed by atoms with Crippen LogP contribution in [-0.4, -0.2) is 27.5 Å². The number of halogens is 2. The first kappa shape index (κ1) is 28.0. The monoisotopic (exact) mass is 579 g/mol. The lowest BCUT2D eigenvalue weighted by atomic mass is 10.1. The summed E-state index contributed by atoms with van der Waals surface area (Å²) in [7, 11) is -3.90. The van der Waals surface area contributed by atoms with E-state index < -0.39 is 32.9 Å². The van der Waals surface area contributed by atoms with Gasteiger partial charge in [0.15, 0.2) is 5.65 Å². The van der Waals surface area contributed by atoms with E-state index >= 15 is 0 Å². The van der Waals surface area contributed by atoms with Crippen LogP contribution in [0.4, 0.5) is 14.5 Å². The van der Waals surface area contributed by atoms with Crippen molar-refractivity contribution >= 4 is 26.9 Å². The van der Waals surface area contributed by atoms with Crippen LogP contribution in [0.25, 0.3) is 11.2 Å². The van der Waals surface area contributed by atoms with Crippen molar-refractivity contribution in [3.05, 3.63) is 122 Å².